The van der Waals surface area contributed by atoms with E-state index in [-0.39, 0.29) is 6.04 Å². The van der Waals surface area contributed by atoms with E-state index in [1.165, 1.54) is 0 Å². The van der Waals surface area contributed by atoms with Crippen molar-refractivity contribution in [3.05, 3.63) is 48.3 Å². The van der Waals surface area contributed by atoms with E-state index < -0.39 is 0 Å². The minimum atomic E-state index is -0.247. The minimum absolute atomic E-state index is 0.247. The van der Waals surface area contributed by atoms with Crippen LogP contribution in [0.25, 0.3) is 0 Å². The van der Waals surface area contributed by atoms with E-state index in [0.29, 0.717) is 0 Å². The monoisotopic (exact) mass is 200 g/mol. The number of rotatable bonds is 2. The van der Waals surface area contributed by atoms with Crippen LogP contribution in [-0.4, -0.2) is 17.3 Å². The van der Waals surface area contributed by atoms with Gasteiger partial charge in [-0.05, 0) is 24.6 Å². The molecule has 0 spiro atoms. The molecule has 0 aromatic carbocycles. The molecule has 1 aromatic heterocycles. The van der Waals surface area contributed by atoms with Gasteiger partial charge in [-0.25, -0.2) is 4.98 Å². The van der Waals surface area contributed by atoms with Crippen molar-refractivity contribution in [1.82, 2.24) is 4.98 Å². The van der Waals surface area contributed by atoms with Crippen LogP contribution >= 0.6 is 0 Å². The highest BCUT2D eigenvalue weighted by Crippen LogP contribution is 2.19. The molecule has 0 bridgehead atoms. The highest BCUT2D eigenvalue weighted by Gasteiger charge is 2.17. The molecule has 15 heavy (non-hydrogen) atoms. The second-order valence-electron chi connectivity index (χ2n) is 3.45. The Kier molecular flexibility index (Phi) is 2.63. The van der Waals surface area contributed by atoms with Gasteiger partial charge in [0.05, 0.1) is 0 Å². The van der Waals surface area contributed by atoms with E-state index in [2.05, 4.69) is 4.98 Å². The molecule has 1 unspecified atom stereocenters. The summed E-state index contributed by atoms with van der Waals surface area (Å²) in [5.41, 5.74) is 1.11. The molecule has 76 valence electrons. The molecule has 1 aliphatic rings. The van der Waals surface area contributed by atoms with Crippen molar-refractivity contribution < 1.29 is 4.79 Å². The smallest absolute Gasteiger partial charge is 0.146 e. The van der Waals surface area contributed by atoms with Crippen molar-refractivity contribution in [2.45, 2.75) is 13.0 Å². The van der Waals surface area contributed by atoms with E-state index in [1.807, 2.05) is 48.4 Å². The molecule has 2 rings (SSSR count). The maximum absolute atomic E-state index is 10.9. The summed E-state index contributed by atoms with van der Waals surface area (Å²) in [4.78, 5) is 17.0. The van der Waals surface area contributed by atoms with Gasteiger partial charge in [0.15, 0.2) is 0 Å². The molecule has 1 aromatic rings. The molecule has 1 aliphatic heterocycles. The normalized spacial score (nSPS) is 19.9. The quantitative estimate of drug-likeness (QED) is 0.684. The van der Waals surface area contributed by atoms with Gasteiger partial charge in [0.2, 0.25) is 0 Å². The molecule has 0 fully saturated rings. The number of aromatic nitrogens is 1. The van der Waals surface area contributed by atoms with Crippen LogP contribution in [0.15, 0.2) is 48.3 Å². The number of anilines is 1. The van der Waals surface area contributed by atoms with Crippen molar-refractivity contribution in [3.8, 4) is 0 Å². The summed E-state index contributed by atoms with van der Waals surface area (Å²) in [7, 11) is 0. The number of pyridine rings is 1. The van der Waals surface area contributed by atoms with E-state index in [4.69, 9.17) is 0 Å². The topological polar surface area (TPSA) is 33.2 Å². The summed E-state index contributed by atoms with van der Waals surface area (Å²) in [6.45, 7) is 1.99. The Hall–Kier alpha value is -1.90. The second-order valence-corrected chi connectivity index (χ2v) is 3.45. The van der Waals surface area contributed by atoms with Crippen LogP contribution in [0, 0.1) is 0 Å². The average molecular weight is 200 g/mol. The first-order valence-corrected chi connectivity index (χ1v) is 4.82. The van der Waals surface area contributed by atoms with Gasteiger partial charge in [-0.15, -0.1) is 0 Å². The lowest BCUT2D eigenvalue weighted by Gasteiger charge is -2.26. The predicted octanol–water partition coefficient (Wildman–Crippen LogP) is 1.93. The number of aldehydes is 1. The Balaban J connectivity index is 2.35. The molecule has 0 saturated heterocycles. The Morgan fingerprint density at radius 2 is 2.33 bits per heavy atom. The Bertz CT molecular complexity index is 409. The molecule has 0 saturated carbocycles. The van der Waals surface area contributed by atoms with Crippen LogP contribution in [0.5, 0.6) is 0 Å². The molecule has 0 amide bonds. The molecule has 1 atom stereocenters. The Morgan fingerprint density at radius 1 is 1.47 bits per heavy atom. The van der Waals surface area contributed by atoms with Gasteiger partial charge in [-0.2, -0.15) is 0 Å². The summed E-state index contributed by atoms with van der Waals surface area (Å²) in [6, 6.07) is 5.41. The van der Waals surface area contributed by atoms with E-state index in [9.17, 15) is 4.79 Å². The van der Waals surface area contributed by atoms with Gasteiger partial charge < -0.3 is 9.69 Å². The van der Waals surface area contributed by atoms with Gasteiger partial charge in [-0.1, -0.05) is 18.2 Å². The molecular formula is C12H12N2O. The molecular weight excluding hydrogens is 188 g/mol. The fraction of sp³-hybridized carbons (Fsp3) is 0.167. The maximum Gasteiger partial charge on any atom is 0.146 e. The van der Waals surface area contributed by atoms with Gasteiger partial charge in [-0.3, -0.25) is 0 Å². The average Bonchev–Trinajstić information content (AvgIpc) is 2.30. The highest BCUT2D eigenvalue weighted by molar-refractivity contribution is 5.70. The third-order valence-electron chi connectivity index (χ3n) is 2.27. The third kappa shape index (κ3) is 1.96. The van der Waals surface area contributed by atoms with Crippen molar-refractivity contribution in [2.24, 2.45) is 0 Å². The first kappa shape index (κ1) is 9.65. The zero-order valence-corrected chi connectivity index (χ0v) is 8.50. The zero-order chi connectivity index (χ0) is 10.7. The molecule has 0 N–H and O–H groups in total. The van der Waals surface area contributed by atoms with Crippen molar-refractivity contribution in [1.29, 1.82) is 0 Å². The van der Waals surface area contributed by atoms with Gasteiger partial charge in [0, 0.05) is 12.4 Å². The first-order valence-electron chi connectivity index (χ1n) is 4.82. The van der Waals surface area contributed by atoms with E-state index >= 15 is 0 Å². The summed E-state index contributed by atoms with van der Waals surface area (Å²) >= 11 is 0. The number of hydrogen-bond acceptors (Lipinski definition) is 3. The third-order valence-corrected chi connectivity index (χ3v) is 2.27. The SMILES string of the molecule is CC1=CN(c2ccccn2)C(C=O)C=C1. The van der Waals surface area contributed by atoms with Crippen LogP contribution < -0.4 is 4.90 Å². The number of carbonyl (C=O) groups excluding carboxylic acids is 1. The lowest BCUT2D eigenvalue weighted by atomic mass is 10.1. The largest absolute Gasteiger partial charge is 0.319 e. The summed E-state index contributed by atoms with van der Waals surface area (Å²) in [6.07, 6.45) is 8.38. The fourth-order valence-electron chi connectivity index (χ4n) is 1.53. The van der Waals surface area contributed by atoms with Crippen LogP contribution in [0.2, 0.25) is 0 Å². The minimum Gasteiger partial charge on any atom is -0.319 e. The molecule has 3 heteroatoms. The van der Waals surface area contributed by atoms with Crippen molar-refractivity contribution in [2.75, 3.05) is 4.90 Å². The van der Waals surface area contributed by atoms with Crippen molar-refractivity contribution >= 4 is 12.1 Å². The molecule has 0 aliphatic carbocycles. The maximum atomic E-state index is 10.9. The number of carbonyl (C=O) groups is 1. The second kappa shape index (κ2) is 4.09. The number of allylic oxidation sites excluding steroid dienone is 2. The van der Waals surface area contributed by atoms with Crippen LogP contribution in [0.1, 0.15) is 6.92 Å². The van der Waals surface area contributed by atoms with Gasteiger partial charge in [0.1, 0.15) is 18.1 Å². The summed E-state index contributed by atoms with van der Waals surface area (Å²) in [5.74, 6) is 0.790. The van der Waals surface area contributed by atoms with Gasteiger partial charge in [0.25, 0.3) is 0 Å². The predicted molar refractivity (Wildman–Crippen MR) is 59.5 cm³/mol. The zero-order valence-electron chi connectivity index (χ0n) is 8.50. The lowest BCUT2D eigenvalue weighted by molar-refractivity contribution is -0.108. The Labute approximate surface area is 88.7 Å². The summed E-state index contributed by atoms with van der Waals surface area (Å²) < 4.78 is 0. The van der Waals surface area contributed by atoms with E-state index in [1.54, 1.807) is 6.20 Å². The standard InChI is InChI=1S/C12H12N2O/c1-10-5-6-11(9-15)14(8-10)12-4-2-3-7-13-12/h2-9,11H,1H3. The lowest BCUT2D eigenvalue weighted by Crippen LogP contribution is -2.32. The van der Waals surface area contributed by atoms with Crippen molar-refractivity contribution in [3.63, 3.8) is 0 Å². The van der Waals surface area contributed by atoms with E-state index in [0.717, 1.165) is 17.7 Å². The van der Waals surface area contributed by atoms with Crippen LogP contribution in [0.3, 0.4) is 0 Å². The first-order chi connectivity index (χ1) is 7.31. The highest BCUT2D eigenvalue weighted by atomic mass is 16.1. The molecule has 0 radical (unpaired) electrons. The number of nitrogens with zero attached hydrogens (tertiary/aromatic N) is 2. The fourth-order valence-corrected chi connectivity index (χ4v) is 1.53. The summed E-state index contributed by atoms with van der Waals surface area (Å²) in [5, 5.41) is 0. The Morgan fingerprint density at radius 3 is 3.00 bits per heavy atom. The van der Waals surface area contributed by atoms with Crippen LogP contribution in [0.4, 0.5) is 5.82 Å². The number of hydrogen-bond donors (Lipinski definition) is 0. The van der Waals surface area contributed by atoms with Gasteiger partial charge >= 0.3 is 0 Å². The molecule has 3 nitrogen and oxygen atoms in total. The molecule has 2 heterocycles. The van der Waals surface area contributed by atoms with Crippen LogP contribution in [-0.2, 0) is 4.79 Å².